The molecule has 1 aliphatic heterocycles. The number of benzene rings is 10. The summed E-state index contributed by atoms with van der Waals surface area (Å²) in [5.41, 5.74) is 6.09. The van der Waals surface area contributed by atoms with Crippen molar-refractivity contribution in [2.75, 3.05) is 41.5 Å². The van der Waals surface area contributed by atoms with Crippen LogP contribution in [0.25, 0.3) is 23.7 Å². The van der Waals surface area contributed by atoms with Gasteiger partial charge in [0, 0.05) is 95.3 Å². The van der Waals surface area contributed by atoms with Crippen molar-refractivity contribution in [3.8, 4) is 17.2 Å². The number of imide groups is 1. The first-order chi connectivity index (χ1) is 62.1. The minimum absolute atomic E-state index is 0.0124. The molecular weight excluding hydrogens is 1880 g/mol. The van der Waals surface area contributed by atoms with Gasteiger partial charge in [-0.3, -0.25) is 68.3 Å². The van der Waals surface area contributed by atoms with Crippen molar-refractivity contribution in [1.82, 2.24) is 20.9 Å². The van der Waals surface area contributed by atoms with Crippen LogP contribution in [0, 0.1) is 29.9 Å². The fourth-order valence-electron chi connectivity index (χ4n) is 11.4. The van der Waals surface area contributed by atoms with Crippen LogP contribution in [-0.4, -0.2) is 127 Å². The van der Waals surface area contributed by atoms with E-state index in [-0.39, 0.29) is 107 Å². The van der Waals surface area contributed by atoms with E-state index in [1.54, 1.807) is 159 Å². The van der Waals surface area contributed by atoms with Gasteiger partial charge in [-0.15, -0.1) is 0 Å². The van der Waals surface area contributed by atoms with Crippen molar-refractivity contribution in [2.24, 2.45) is 5.92 Å². The average molecular weight is 1960 g/mol. The lowest BCUT2D eigenvalue weighted by Gasteiger charge is -2.14. The Morgan fingerprint density at radius 3 is 1.66 bits per heavy atom. The van der Waals surface area contributed by atoms with Gasteiger partial charge in [0.15, 0.2) is 22.4 Å². The van der Waals surface area contributed by atoms with Crippen molar-refractivity contribution in [1.29, 1.82) is 0 Å². The van der Waals surface area contributed by atoms with Crippen LogP contribution in [0.2, 0.25) is 10.0 Å². The molecule has 31 nitrogen and oxygen atoms in total. The number of esters is 1. The zero-order valence-corrected chi connectivity index (χ0v) is 76.0. The van der Waals surface area contributed by atoms with E-state index in [0.29, 0.717) is 72.7 Å². The number of aryl methyl sites for hydroxylation is 2. The van der Waals surface area contributed by atoms with E-state index in [2.05, 4.69) is 96.1 Å². The van der Waals surface area contributed by atoms with Crippen LogP contribution >= 0.6 is 67.3 Å². The van der Waals surface area contributed by atoms with Crippen LogP contribution in [0.4, 0.5) is 28.4 Å². The number of fused-ring (bicyclic) bond motifs is 1. The Hall–Kier alpha value is -15.5. The number of aliphatic hydroxyl groups is 2. The van der Waals surface area contributed by atoms with Crippen LogP contribution in [-0.2, 0) is 19.2 Å². The van der Waals surface area contributed by atoms with Gasteiger partial charge in [-0.2, -0.15) is 0 Å². The monoisotopic (exact) mass is 1960 g/mol. The molecule has 0 saturated heterocycles. The molecule has 131 heavy (non-hydrogen) atoms. The molecule has 0 aliphatic carbocycles. The number of anilines is 4. The molecule has 672 valence electrons. The van der Waals surface area contributed by atoms with E-state index in [1.807, 2.05) is 6.92 Å². The number of methoxy groups -OCH3 is 1. The second-order valence-corrected chi connectivity index (χ2v) is 31.3. The lowest BCUT2D eigenvalue weighted by molar-refractivity contribution is -0.385. The molecule has 0 spiro atoms. The van der Waals surface area contributed by atoms with Crippen molar-refractivity contribution in [3.63, 3.8) is 0 Å². The summed E-state index contributed by atoms with van der Waals surface area (Å²) < 4.78 is 22.4. The number of ketones is 1. The molecule has 0 radical (unpaired) electrons. The molecule has 0 fully saturated rings. The predicted octanol–water partition coefficient (Wildman–Crippen LogP) is 19.2. The number of thiocarbonyl (C=S) groups is 1. The second-order valence-electron chi connectivity index (χ2n) is 28.2. The number of carboxylic acids is 2. The molecule has 12 rings (SSSR count). The molecule has 10 aromatic carbocycles. The van der Waals surface area contributed by atoms with E-state index in [4.69, 9.17) is 59.2 Å². The maximum atomic E-state index is 12.8. The van der Waals surface area contributed by atoms with Gasteiger partial charge in [-0.1, -0.05) is 118 Å². The molecule has 0 atom stereocenters. The molecule has 0 saturated carbocycles. The van der Waals surface area contributed by atoms with E-state index in [9.17, 15) is 83.0 Å². The number of rotatable bonds is 26. The number of nitrogens with zero attached hydrogens (tertiary/aromatic N) is 2. The number of carbonyl (C=O) groups is 12. The summed E-state index contributed by atoms with van der Waals surface area (Å²) in [5.74, 6) is -5.54. The van der Waals surface area contributed by atoms with Gasteiger partial charge < -0.3 is 71.0 Å². The number of hydrogen-bond acceptors (Lipinski definition) is 21. The highest BCUT2D eigenvalue weighted by atomic mass is 79.9. The quantitative estimate of drug-likeness (QED) is 0.00350. The van der Waals surface area contributed by atoms with Crippen LogP contribution < -0.4 is 51.4 Å². The number of aromatic carboxylic acids is 2. The molecule has 11 N–H and O–H groups in total. The topological polar surface area (TPSA) is 457 Å². The third kappa shape index (κ3) is 30.4. The third-order valence-corrected chi connectivity index (χ3v) is 19.6. The van der Waals surface area contributed by atoms with Gasteiger partial charge in [0.1, 0.15) is 35.3 Å². The molecule has 0 unspecified atom stereocenters. The summed E-state index contributed by atoms with van der Waals surface area (Å²) in [7, 11) is 1.38. The summed E-state index contributed by atoms with van der Waals surface area (Å²) in [4.78, 5) is 156. The van der Waals surface area contributed by atoms with E-state index in [0.717, 1.165) is 20.5 Å². The Bertz CT molecular complexity index is 6270. The third-order valence-electron chi connectivity index (χ3n) is 17.9. The smallest absolute Gasteiger partial charge is 0.337 e. The first-order valence-electron chi connectivity index (χ1n) is 38.6. The van der Waals surface area contributed by atoms with Gasteiger partial charge in [0.25, 0.3) is 47.0 Å². The Labute approximate surface area is 781 Å². The lowest BCUT2D eigenvalue weighted by Crippen LogP contribution is -2.37. The number of carbonyl (C=O) groups excluding carboxylic acids is 10. The molecule has 1 aromatic heterocycles. The van der Waals surface area contributed by atoms with Gasteiger partial charge in [0.2, 0.25) is 5.91 Å². The number of amides is 8. The van der Waals surface area contributed by atoms with Gasteiger partial charge in [0.05, 0.1) is 64.2 Å². The first-order valence-corrected chi connectivity index (χ1v) is 41.4. The standard InChI is InChI=1S/C22H17BrN2O4.C21H22ClNO3.C18H17N3O4S.C17H14BrNO6.C17H11ClN2O5/c1-14(26)15-6-10-18(11-7-15)24-22(28)20(13-19-3-2-12-29-19)25-21(27)16-4-8-17(23)9-5-16;1-14(2)13-26-19-10-6-17(7-11-19)21(25)23-20(15(3)24)12-16-4-8-18(22)9-5-16;1-10-4-5-13(12(3)22)9-15(10)19-18(26)20-17(23)14-6-7-16(21(24)25)11(2)8-14;1-9(20)25-14-6-3-10(7-15(14)24-2)16(21)19-13-5-4-11(18)8-12(13)17(22)23;18-9-5-6-12(17(24)25)13(7-9)19-14(21)8-20-15(22)10-3-1-2-4-11(10)16(20)23/h2-13,26H,1H2,(H,24,28)(H,25,27);4-12,14H,13H2,1-3H3,(H,23,25);4-9,22H,3H2,1-2H3,(H2,19,20,23,26);3-8H,1-2H3,(H,19,21)(H,22,23);1-7H,8H2,(H,19,21)(H,24,25)/b20-13+;20-12-;;;. The molecule has 8 amide bonds. The van der Waals surface area contributed by atoms with Gasteiger partial charge in [-0.05, 0) is 231 Å². The minimum Gasteiger partial charge on any atom is -0.508 e. The predicted molar refractivity (Wildman–Crippen MR) is 506 cm³/mol. The number of nitrogens with one attached hydrogen (secondary N) is 7. The highest BCUT2D eigenvalue weighted by Crippen LogP contribution is 2.32. The van der Waals surface area contributed by atoms with Crippen LogP contribution in [0.15, 0.2) is 269 Å². The molecule has 0 bridgehead atoms. The number of aliphatic hydroxyl groups excluding tert-OH is 2. The fourth-order valence-corrected chi connectivity index (χ4v) is 12.5. The normalized spacial score (nSPS) is 11.1. The molecular formula is C95H81Br2Cl2N9O22S. The van der Waals surface area contributed by atoms with Gasteiger partial charge in [-0.25, -0.2) is 9.59 Å². The largest absolute Gasteiger partial charge is 0.508 e. The van der Waals surface area contributed by atoms with Crippen molar-refractivity contribution >= 4 is 195 Å². The molecule has 1 aliphatic rings. The number of Topliss-reactive ketones (excluding diaryl/α,β-unsaturated/α-hetero) is 1. The zero-order valence-electron chi connectivity index (χ0n) is 70.5. The summed E-state index contributed by atoms with van der Waals surface area (Å²) in [6, 6.07) is 58.6. The number of halogens is 4. The van der Waals surface area contributed by atoms with Crippen LogP contribution in [0.3, 0.4) is 0 Å². The van der Waals surface area contributed by atoms with E-state index < -0.39 is 70.7 Å². The lowest BCUT2D eigenvalue weighted by atomic mass is 10.1. The summed E-state index contributed by atoms with van der Waals surface area (Å²) in [6.07, 6.45) is 4.53. The molecule has 11 aromatic rings. The number of nitro groups is 1. The van der Waals surface area contributed by atoms with Crippen LogP contribution in [0.5, 0.6) is 17.2 Å². The Morgan fingerprint density at radius 1 is 0.542 bits per heavy atom. The van der Waals surface area contributed by atoms with Crippen molar-refractivity contribution < 1.29 is 102 Å². The maximum absolute atomic E-state index is 12.8. The van der Waals surface area contributed by atoms with Crippen molar-refractivity contribution in [2.45, 2.75) is 41.5 Å². The fraction of sp³-hybridized carbons (Fsp3) is 0.105. The summed E-state index contributed by atoms with van der Waals surface area (Å²) >= 11 is 23.3. The Kier molecular flexibility index (Phi) is 36.9. The van der Waals surface area contributed by atoms with Gasteiger partial charge >= 0.3 is 17.9 Å². The SMILES string of the molecule is C=C(O)c1ccc(C)c(NC(=S)NC(=O)c2ccc([N+](=O)[O-])c(C)c2)c1.C=C(O)c1ccc(NC(=O)/C(=C\c2ccco2)NC(=O)c2ccc(Br)cc2)cc1.CC(=O)/C(=C/c1ccc(Cl)cc1)NC(=O)c1ccc(OCC(C)C)cc1.COc1cc(C(=O)Nc2ccc(Br)cc2C(=O)O)ccc1OC(C)=O.O=C(CN1C(=O)c2ccccc2C1=O)Nc1cc(Cl)ccc1C(=O)O. The Morgan fingerprint density at radius 2 is 1.10 bits per heavy atom. The number of allylic oxidation sites excluding steroid dienone is 1. The summed E-state index contributed by atoms with van der Waals surface area (Å²) in [6.45, 7) is 17.2. The highest BCUT2D eigenvalue weighted by Gasteiger charge is 2.37. The minimum atomic E-state index is -1.24. The number of carboxylic acid groups (broad SMARTS) is 2. The first kappa shape index (κ1) is 101. The van der Waals surface area contributed by atoms with E-state index >= 15 is 0 Å². The maximum Gasteiger partial charge on any atom is 0.337 e. The average Bonchev–Trinajstić information content (AvgIpc) is 1.63. The zero-order chi connectivity index (χ0) is 96.0. The number of furan rings is 1. The molecule has 36 heteroatoms. The number of hydrogen-bond donors (Lipinski definition) is 11. The summed E-state index contributed by atoms with van der Waals surface area (Å²) in [5, 5.41) is 67.3. The van der Waals surface area contributed by atoms with Crippen molar-refractivity contribution in [3.05, 3.63) is 362 Å². The highest BCUT2D eigenvalue weighted by molar-refractivity contribution is 9.10. The second kappa shape index (κ2) is 47.9. The number of nitro benzene ring substituents is 1. The van der Waals surface area contributed by atoms with E-state index in [1.165, 1.54) is 112 Å². The number of ether oxygens (including phenoxy) is 3. The molecule has 2 heterocycles. The van der Waals surface area contributed by atoms with Crippen LogP contribution in [0.1, 0.15) is 144 Å². The Balaban J connectivity index is 0.000000202.